The Labute approximate surface area is 174 Å². The van der Waals surface area contributed by atoms with Crippen LogP contribution in [-0.2, 0) is 11.3 Å². The van der Waals surface area contributed by atoms with Gasteiger partial charge in [0, 0.05) is 31.8 Å². The zero-order valence-electron chi connectivity index (χ0n) is 17.9. The summed E-state index contributed by atoms with van der Waals surface area (Å²) in [6.45, 7) is 8.08. The minimum Gasteiger partial charge on any atom is -0.376 e. The highest BCUT2D eigenvalue weighted by Crippen LogP contribution is 2.42. The first kappa shape index (κ1) is 21.6. The third-order valence-corrected chi connectivity index (χ3v) is 6.26. The van der Waals surface area contributed by atoms with Crippen LogP contribution in [0.1, 0.15) is 68.3 Å². The molecule has 1 aromatic rings. The normalized spacial score (nSPS) is 20.8. The fourth-order valence-electron chi connectivity index (χ4n) is 4.04. The third kappa shape index (κ3) is 6.20. The predicted molar refractivity (Wildman–Crippen MR) is 117 cm³/mol. The maximum absolute atomic E-state index is 12.5. The van der Waals surface area contributed by atoms with E-state index in [2.05, 4.69) is 29.8 Å². The van der Waals surface area contributed by atoms with Crippen molar-refractivity contribution >= 4 is 11.9 Å². The number of amides is 1. The topological polar surface area (TPSA) is 74.8 Å². The van der Waals surface area contributed by atoms with Crippen LogP contribution in [0.3, 0.4) is 0 Å². The number of guanidine groups is 1. The first-order chi connectivity index (χ1) is 14.1. The molecule has 3 N–H and O–H groups in total. The monoisotopic (exact) mass is 400 g/mol. The van der Waals surface area contributed by atoms with Crippen molar-refractivity contribution in [2.45, 2.75) is 65.0 Å². The molecule has 1 unspecified atom stereocenters. The number of carbonyl (C=O) groups is 1. The number of nitrogens with zero attached hydrogens (tertiary/aromatic N) is 1. The molecule has 1 heterocycles. The average Bonchev–Trinajstić information content (AvgIpc) is 3.23. The Balaban J connectivity index is 1.54. The summed E-state index contributed by atoms with van der Waals surface area (Å²) in [5.74, 6) is 0.798. The molecule has 0 bridgehead atoms. The van der Waals surface area contributed by atoms with E-state index in [-0.39, 0.29) is 12.0 Å². The smallest absolute Gasteiger partial charge is 0.251 e. The van der Waals surface area contributed by atoms with E-state index in [0.29, 0.717) is 24.1 Å². The number of aliphatic imine (C=N–C) groups is 1. The largest absolute Gasteiger partial charge is 0.376 e. The van der Waals surface area contributed by atoms with E-state index < -0.39 is 0 Å². The molecular formula is C23H36N4O2. The van der Waals surface area contributed by atoms with Gasteiger partial charge in [0.15, 0.2) is 5.96 Å². The molecule has 1 aromatic carbocycles. The zero-order chi connectivity index (χ0) is 20.5. The van der Waals surface area contributed by atoms with Gasteiger partial charge >= 0.3 is 0 Å². The maximum Gasteiger partial charge on any atom is 0.251 e. The van der Waals surface area contributed by atoms with Crippen LogP contribution in [0.5, 0.6) is 0 Å². The number of rotatable bonds is 9. The van der Waals surface area contributed by atoms with Crippen LogP contribution in [-0.4, -0.2) is 44.2 Å². The van der Waals surface area contributed by atoms with E-state index in [1.165, 1.54) is 25.7 Å². The van der Waals surface area contributed by atoms with Gasteiger partial charge in [-0.25, -0.2) is 4.99 Å². The molecule has 1 saturated carbocycles. The molecule has 1 saturated heterocycles. The second-order valence-electron chi connectivity index (χ2n) is 8.30. The van der Waals surface area contributed by atoms with E-state index >= 15 is 0 Å². The van der Waals surface area contributed by atoms with Gasteiger partial charge in [-0.05, 0) is 62.1 Å². The number of benzene rings is 1. The summed E-state index contributed by atoms with van der Waals surface area (Å²) in [5.41, 5.74) is 2.14. The Kier molecular flexibility index (Phi) is 7.92. The van der Waals surface area contributed by atoms with Crippen LogP contribution >= 0.6 is 0 Å². The Bertz CT molecular complexity index is 688. The lowest BCUT2D eigenvalue weighted by Gasteiger charge is -2.41. The summed E-state index contributed by atoms with van der Waals surface area (Å²) in [6, 6.07) is 7.72. The summed E-state index contributed by atoms with van der Waals surface area (Å²) in [6.07, 6.45) is 7.41. The molecule has 0 aromatic heterocycles. The van der Waals surface area contributed by atoms with Crippen LogP contribution < -0.4 is 16.0 Å². The Morgan fingerprint density at radius 1 is 1.21 bits per heavy atom. The van der Waals surface area contributed by atoms with Gasteiger partial charge < -0.3 is 20.7 Å². The fraction of sp³-hybridized carbons (Fsp3) is 0.652. The van der Waals surface area contributed by atoms with E-state index in [1.807, 2.05) is 24.3 Å². The molecule has 6 nitrogen and oxygen atoms in total. The van der Waals surface area contributed by atoms with Crippen molar-refractivity contribution in [2.24, 2.45) is 10.4 Å². The lowest BCUT2D eigenvalue weighted by atomic mass is 9.67. The van der Waals surface area contributed by atoms with Gasteiger partial charge in [0.05, 0.1) is 12.6 Å². The summed E-state index contributed by atoms with van der Waals surface area (Å²) in [5, 5.41) is 9.84. The summed E-state index contributed by atoms with van der Waals surface area (Å²) < 4.78 is 5.57. The number of carbonyl (C=O) groups excluding carboxylic acids is 1. The highest BCUT2D eigenvalue weighted by atomic mass is 16.5. The van der Waals surface area contributed by atoms with Crippen molar-refractivity contribution in [1.82, 2.24) is 16.0 Å². The van der Waals surface area contributed by atoms with Crippen molar-refractivity contribution in [2.75, 3.05) is 26.2 Å². The molecular weight excluding hydrogens is 364 g/mol. The van der Waals surface area contributed by atoms with Crippen molar-refractivity contribution in [3.05, 3.63) is 35.4 Å². The molecule has 1 atom stereocenters. The number of ether oxygens (including phenoxy) is 1. The molecule has 29 heavy (non-hydrogen) atoms. The Morgan fingerprint density at radius 2 is 2.07 bits per heavy atom. The van der Waals surface area contributed by atoms with Gasteiger partial charge in [0.1, 0.15) is 0 Å². The molecule has 1 aliphatic carbocycles. The quantitative estimate of drug-likeness (QED) is 0.439. The van der Waals surface area contributed by atoms with Crippen LogP contribution in [0.15, 0.2) is 29.3 Å². The van der Waals surface area contributed by atoms with Crippen LogP contribution in [0.2, 0.25) is 0 Å². The van der Waals surface area contributed by atoms with Gasteiger partial charge in [0.2, 0.25) is 0 Å². The summed E-state index contributed by atoms with van der Waals surface area (Å²) in [7, 11) is 0. The van der Waals surface area contributed by atoms with Crippen molar-refractivity contribution in [3.63, 3.8) is 0 Å². The Morgan fingerprint density at radius 3 is 2.72 bits per heavy atom. The van der Waals surface area contributed by atoms with Crippen LogP contribution in [0.4, 0.5) is 0 Å². The maximum atomic E-state index is 12.5. The molecule has 160 valence electrons. The Hall–Kier alpha value is -2.08. The highest BCUT2D eigenvalue weighted by molar-refractivity contribution is 5.94. The van der Waals surface area contributed by atoms with Crippen LogP contribution in [0.25, 0.3) is 0 Å². The molecule has 3 rings (SSSR count). The number of hydrogen-bond donors (Lipinski definition) is 3. The van der Waals surface area contributed by atoms with Crippen molar-refractivity contribution in [1.29, 1.82) is 0 Å². The molecule has 2 aliphatic rings. The third-order valence-electron chi connectivity index (χ3n) is 6.26. The first-order valence-corrected chi connectivity index (χ1v) is 11.1. The molecule has 1 amide bonds. The minimum absolute atomic E-state index is 0.0498. The minimum atomic E-state index is -0.0498. The molecule has 6 heteroatoms. The van der Waals surface area contributed by atoms with Crippen molar-refractivity contribution < 1.29 is 9.53 Å². The number of nitrogens with one attached hydrogen (secondary N) is 3. The molecule has 0 radical (unpaired) electrons. The second kappa shape index (κ2) is 10.6. The number of hydrogen-bond acceptors (Lipinski definition) is 3. The van der Waals surface area contributed by atoms with Gasteiger partial charge in [-0.1, -0.05) is 25.5 Å². The van der Waals surface area contributed by atoms with Gasteiger partial charge in [0.25, 0.3) is 5.91 Å². The van der Waals surface area contributed by atoms with Gasteiger partial charge in [-0.15, -0.1) is 0 Å². The van der Waals surface area contributed by atoms with Crippen LogP contribution in [0, 0.1) is 5.41 Å². The zero-order valence-corrected chi connectivity index (χ0v) is 17.9. The first-order valence-electron chi connectivity index (χ1n) is 11.1. The SMILES string of the molecule is CCNC(=NCc1cccc(C(=O)NCC2CCCO2)c1)NCC1(CC)CCC1. The standard InChI is InChI=1S/C23H36N4O2/c1-3-23(11-7-12-23)17-27-22(24-4-2)26-15-18-8-5-9-19(14-18)21(28)25-16-20-10-6-13-29-20/h5,8-9,14,20H,3-4,6-7,10-13,15-17H2,1-2H3,(H,25,28)(H2,24,26,27). The lowest BCUT2D eigenvalue weighted by Crippen LogP contribution is -2.46. The van der Waals surface area contributed by atoms with E-state index in [1.54, 1.807) is 0 Å². The summed E-state index contributed by atoms with van der Waals surface area (Å²) >= 11 is 0. The van der Waals surface area contributed by atoms with E-state index in [4.69, 9.17) is 9.73 Å². The predicted octanol–water partition coefficient (Wildman–Crippen LogP) is 3.23. The van der Waals surface area contributed by atoms with Crippen molar-refractivity contribution in [3.8, 4) is 0 Å². The van der Waals surface area contributed by atoms with E-state index in [9.17, 15) is 4.79 Å². The fourth-order valence-corrected chi connectivity index (χ4v) is 4.04. The second-order valence-corrected chi connectivity index (χ2v) is 8.30. The highest BCUT2D eigenvalue weighted by Gasteiger charge is 2.34. The average molecular weight is 401 g/mol. The van der Waals surface area contributed by atoms with Gasteiger partial charge in [-0.3, -0.25) is 4.79 Å². The molecule has 2 fully saturated rings. The lowest BCUT2D eigenvalue weighted by molar-refractivity contribution is 0.0857. The molecule has 1 aliphatic heterocycles. The van der Waals surface area contributed by atoms with E-state index in [0.717, 1.165) is 44.1 Å². The molecule has 0 spiro atoms. The van der Waals surface area contributed by atoms with Gasteiger partial charge in [-0.2, -0.15) is 0 Å². The summed E-state index contributed by atoms with van der Waals surface area (Å²) in [4.78, 5) is 17.2.